The highest BCUT2D eigenvalue weighted by molar-refractivity contribution is 5.81. The zero-order valence-corrected chi connectivity index (χ0v) is 8.52. The molecule has 1 aromatic carbocycles. The van der Waals surface area contributed by atoms with Gasteiger partial charge in [-0.2, -0.15) is 5.10 Å². The average molecular weight is 202 g/mol. The molecule has 1 fully saturated rings. The summed E-state index contributed by atoms with van der Waals surface area (Å²) in [5, 5.41) is 3.90. The Labute approximate surface area is 89.2 Å². The molecule has 0 saturated heterocycles. The number of hydrogen-bond donors (Lipinski definition) is 1. The molecular formula is C12H14N2O. The minimum absolute atomic E-state index is 0.0549. The molecule has 0 unspecified atom stereocenters. The standard InChI is InChI=1S/C12H14N2O/c15-12(11-6-7-11)14-13-9-8-10-4-2-1-3-5-10/h1-5,9,11H,6-8H2,(H,14,15)/b13-9-. The largest absolute Gasteiger partial charge is 0.273 e. The molecule has 3 heteroatoms. The lowest BCUT2D eigenvalue weighted by Crippen LogP contribution is -2.19. The second-order valence-electron chi connectivity index (χ2n) is 3.75. The zero-order chi connectivity index (χ0) is 10.5. The van der Waals surface area contributed by atoms with E-state index in [1.165, 1.54) is 5.56 Å². The molecule has 1 aromatic rings. The number of hydrogen-bond acceptors (Lipinski definition) is 2. The number of nitrogens with zero attached hydrogens (tertiary/aromatic N) is 1. The monoisotopic (exact) mass is 202 g/mol. The molecular weight excluding hydrogens is 188 g/mol. The summed E-state index contributed by atoms with van der Waals surface area (Å²) in [5.41, 5.74) is 3.74. The van der Waals surface area contributed by atoms with Crippen LogP contribution in [0.5, 0.6) is 0 Å². The number of benzene rings is 1. The number of carbonyl (C=O) groups excluding carboxylic acids is 1. The highest BCUT2D eigenvalue weighted by Crippen LogP contribution is 2.28. The first-order valence-corrected chi connectivity index (χ1v) is 5.21. The lowest BCUT2D eigenvalue weighted by atomic mass is 10.2. The van der Waals surface area contributed by atoms with Crippen LogP contribution in [0.4, 0.5) is 0 Å². The maximum atomic E-state index is 11.2. The Balaban J connectivity index is 1.73. The quantitative estimate of drug-likeness (QED) is 0.586. The van der Waals surface area contributed by atoms with Crippen LogP contribution in [0.2, 0.25) is 0 Å². The van der Waals surface area contributed by atoms with Crippen LogP contribution in [0.1, 0.15) is 18.4 Å². The Morgan fingerprint density at radius 2 is 2.13 bits per heavy atom. The number of amides is 1. The van der Waals surface area contributed by atoms with E-state index < -0.39 is 0 Å². The average Bonchev–Trinajstić information content (AvgIpc) is 3.09. The fraction of sp³-hybridized carbons (Fsp3) is 0.333. The molecule has 1 aliphatic rings. The van der Waals surface area contributed by atoms with Crippen molar-refractivity contribution >= 4 is 12.1 Å². The third-order valence-electron chi connectivity index (χ3n) is 2.38. The molecule has 0 heterocycles. The minimum atomic E-state index is 0.0549. The second kappa shape index (κ2) is 4.73. The molecule has 1 saturated carbocycles. The van der Waals surface area contributed by atoms with E-state index in [1.54, 1.807) is 6.21 Å². The molecule has 0 aromatic heterocycles. The molecule has 78 valence electrons. The Hall–Kier alpha value is -1.64. The van der Waals surface area contributed by atoms with Crippen molar-refractivity contribution in [2.75, 3.05) is 0 Å². The molecule has 0 radical (unpaired) electrons. The molecule has 0 aliphatic heterocycles. The maximum absolute atomic E-state index is 11.2. The number of rotatable bonds is 4. The Morgan fingerprint density at radius 3 is 2.80 bits per heavy atom. The van der Waals surface area contributed by atoms with E-state index in [2.05, 4.69) is 10.5 Å². The second-order valence-corrected chi connectivity index (χ2v) is 3.75. The fourth-order valence-electron chi connectivity index (χ4n) is 1.31. The predicted molar refractivity (Wildman–Crippen MR) is 59.5 cm³/mol. The Kier molecular flexibility index (Phi) is 3.12. The van der Waals surface area contributed by atoms with Gasteiger partial charge in [0.05, 0.1) is 0 Å². The Bertz CT molecular complexity index is 355. The lowest BCUT2D eigenvalue weighted by Gasteiger charge is -1.96. The third-order valence-corrected chi connectivity index (χ3v) is 2.38. The van der Waals surface area contributed by atoms with Crippen LogP contribution >= 0.6 is 0 Å². The normalized spacial score (nSPS) is 15.5. The predicted octanol–water partition coefficient (Wildman–Crippen LogP) is 1.74. The Morgan fingerprint density at radius 1 is 1.40 bits per heavy atom. The summed E-state index contributed by atoms with van der Waals surface area (Å²) in [5.74, 6) is 0.276. The fourth-order valence-corrected chi connectivity index (χ4v) is 1.31. The van der Waals surface area contributed by atoms with Gasteiger partial charge in [-0.25, -0.2) is 5.43 Å². The topological polar surface area (TPSA) is 41.5 Å². The molecule has 15 heavy (non-hydrogen) atoms. The van der Waals surface area contributed by atoms with Gasteiger partial charge in [0, 0.05) is 18.6 Å². The molecule has 0 atom stereocenters. The van der Waals surface area contributed by atoms with Gasteiger partial charge in [-0.3, -0.25) is 4.79 Å². The smallest absolute Gasteiger partial charge is 0.243 e. The molecule has 1 N–H and O–H groups in total. The van der Waals surface area contributed by atoms with Crippen molar-refractivity contribution in [1.82, 2.24) is 5.43 Å². The van der Waals surface area contributed by atoms with Crippen LogP contribution in [0.25, 0.3) is 0 Å². The van der Waals surface area contributed by atoms with E-state index in [4.69, 9.17) is 0 Å². The molecule has 0 spiro atoms. The van der Waals surface area contributed by atoms with Crippen LogP contribution in [0, 0.1) is 5.92 Å². The van der Waals surface area contributed by atoms with E-state index in [-0.39, 0.29) is 11.8 Å². The third kappa shape index (κ3) is 3.20. The molecule has 1 amide bonds. The minimum Gasteiger partial charge on any atom is -0.273 e. The first kappa shape index (κ1) is 9.90. The van der Waals surface area contributed by atoms with Crippen molar-refractivity contribution in [2.45, 2.75) is 19.3 Å². The highest BCUT2D eigenvalue weighted by atomic mass is 16.2. The van der Waals surface area contributed by atoms with Gasteiger partial charge in [0.1, 0.15) is 0 Å². The summed E-state index contributed by atoms with van der Waals surface area (Å²) < 4.78 is 0. The van der Waals surface area contributed by atoms with Gasteiger partial charge in [0.2, 0.25) is 5.91 Å². The van der Waals surface area contributed by atoms with Crippen molar-refractivity contribution in [3.63, 3.8) is 0 Å². The van der Waals surface area contributed by atoms with Gasteiger partial charge in [0.15, 0.2) is 0 Å². The van der Waals surface area contributed by atoms with Crippen molar-refractivity contribution in [1.29, 1.82) is 0 Å². The van der Waals surface area contributed by atoms with Crippen LogP contribution in [-0.2, 0) is 11.2 Å². The summed E-state index contributed by atoms with van der Waals surface area (Å²) in [6, 6.07) is 10.0. The number of hydrazone groups is 1. The SMILES string of the molecule is O=C(N/N=C\Cc1ccccc1)C1CC1. The van der Waals surface area contributed by atoms with Crippen LogP contribution < -0.4 is 5.43 Å². The van der Waals surface area contributed by atoms with Crippen LogP contribution in [-0.4, -0.2) is 12.1 Å². The van der Waals surface area contributed by atoms with E-state index in [0.29, 0.717) is 0 Å². The van der Waals surface area contributed by atoms with Crippen molar-refractivity contribution in [3.05, 3.63) is 35.9 Å². The van der Waals surface area contributed by atoms with E-state index in [1.807, 2.05) is 30.3 Å². The molecule has 3 nitrogen and oxygen atoms in total. The van der Waals surface area contributed by atoms with Crippen LogP contribution in [0.3, 0.4) is 0 Å². The summed E-state index contributed by atoms with van der Waals surface area (Å²) in [6.07, 6.45) is 4.52. The van der Waals surface area contributed by atoms with E-state index in [0.717, 1.165) is 19.3 Å². The van der Waals surface area contributed by atoms with Gasteiger partial charge < -0.3 is 0 Å². The van der Waals surface area contributed by atoms with Gasteiger partial charge in [-0.15, -0.1) is 0 Å². The first-order chi connectivity index (χ1) is 7.36. The molecule has 0 bridgehead atoms. The van der Waals surface area contributed by atoms with E-state index in [9.17, 15) is 4.79 Å². The van der Waals surface area contributed by atoms with Crippen molar-refractivity contribution < 1.29 is 4.79 Å². The lowest BCUT2D eigenvalue weighted by molar-refractivity contribution is -0.122. The van der Waals surface area contributed by atoms with Gasteiger partial charge in [-0.05, 0) is 18.4 Å². The summed E-state index contributed by atoms with van der Waals surface area (Å²) in [7, 11) is 0. The molecule has 1 aliphatic carbocycles. The van der Waals surface area contributed by atoms with Crippen molar-refractivity contribution in [3.8, 4) is 0 Å². The number of carbonyl (C=O) groups is 1. The van der Waals surface area contributed by atoms with E-state index >= 15 is 0 Å². The zero-order valence-electron chi connectivity index (χ0n) is 8.52. The maximum Gasteiger partial charge on any atom is 0.243 e. The van der Waals surface area contributed by atoms with Gasteiger partial charge in [0.25, 0.3) is 0 Å². The van der Waals surface area contributed by atoms with Gasteiger partial charge in [-0.1, -0.05) is 30.3 Å². The summed E-state index contributed by atoms with van der Waals surface area (Å²) in [6.45, 7) is 0. The highest BCUT2D eigenvalue weighted by Gasteiger charge is 2.29. The molecule has 2 rings (SSSR count). The number of nitrogens with one attached hydrogen (secondary N) is 1. The van der Waals surface area contributed by atoms with Gasteiger partial charge >= 0.3 is 0 Å². The van der Waals surface area contributed by atoms with Crippen LogP contribution in [0.15, 0.2) is 35.4 Å². The van der Waals surface area contributed by atoms with Crippen molar-refractivity contribution in [2.24, 2.45) is 11.0 Å². The summed E-state index contributed by atoms with van der Waals surface area (Å²) >= 11 is 0. The first-order valence-electron chi connectivity index (χ1n) is 5.21. The summed E-state index contributed by atoms with van der Waals surface area (Å²) in [4.78, 5) is 11.2.